The summed E-state index contributed by atoms with van der Waals surface area (Å²) in [5, 5.41) is 0. The second kappa shape index (κ2) is 4.50. The van der Waals surface area contributed by atoms with Crippen molar-refractivity contribution in [1.29, 1.82) is 0 Å². The van der Waals surface area contributed by atoms with Crippen molar-refractivity contribution in [1.82, 2.24) is 0 Å². The number of carbonyl (C=O) groups excluding carboxylic acids is 2. The summed E-state index contributed by atoms with van der Waals surface area (Å²) in [6.45, 7) is 4.58. The standard InChI is InChI=1S/C14H13FO4/c1-8-5-4-6-11(15)9(8)7-10-12(16)18-14(2,3)19-13(10)17/h4-7H,1-3H3. The number of hydrogen-bond donors (Lipinski definition) is 0. The van der Waals surface area contributed by atoms with Gasteiger partial charge in [0.05, 0.1) is 0 Å². The summed E-state index contributed by atoms with van der Waals surface area (Å²) in [4.78, 5) is 23.5. The molecule has 1 fully saturated rings. The zero-order valence-electron chi connectivity index (χ0n) is 10.8. The molecular weight excluding hydrogens is 251 g/mol. The lowest BCUT2D eigenvalue weighted by Crippen LogP contribution is -2.41. The number of hydrogen-bond acceptors (Lipinski definition) is 4. The summed E-state index contributed by atoms with van der Waals surface area (Å²) in [5.74, 6) is -3.44. The molecule has 1 aliphatic rings. The Hall–Kier alpha value is -2.17. The van der Waals surface area contributed by atoms with Crippen molar-refractivity contribution >= 4 is 18.0 Å². The van der Waals surface area contributed by atoms with Crippen LogP contribution in [0.1, 0.15) is 25.0 Å². The molecular formula is C14H13FO4. The number of ether oxygens (including phenoxy) is 2. The summed E-state index contributed by atoms with van der Waals surface area (Å²) in [7, 11) is 0. The molecule has 1 aliphatic heterocycles. The number of rotatable bonds is 1. The van der Waals surface area contributed by atoms with Gasteiger partial charge >= 0.3 is 11.9 Å². The molecule has 0 aromatic heterocycles. The van der Waals surface area contributed by atoms with E-state index in [9.17, 15) is 14.0 Å². The SMILES string of the molecule is Cc1cccc(F)c1C=C1C(=O)OC(C)(C)OC1=O. The normalized spacial score (nSPS) is 17.8. The summed E-state index contributed by atoms with van der Waals surface area (Å²) >= 11 is 0. The lowest BCUT2D eigenvalue weighted by atomic mass is 10.0. The van der Waals surface area contributed by atoms with Crippen LogP contribution in [0.25, 0.3) is 6.08 Å². The minimum Gasteiger partial charge on any atom is -0.419 e. The molecule has 0 N–H and O–H groups in total. The van der Waals surface area contributed by atoms with Gasteiger partial charge in [0.2, 0.25) is 0 Å². The Bertz CT molecular complexity index is 545. The van der Waals surface area contributed by atoms with Crippen LogP contribution in [0.3, 0.4) is 0 Å². The molecule has 0 unspecified atom stereocenters. The average Bonchev–Trinajstić information content (AvgIpc) is 2.25. The lowest BCUT2D eigenvalue weighted by molar-refractivity contribution is -0.222. The van der Waals surface area contributed by atoms with E-state index in [0.29, 0.717) is 5.56 Å². The van der Waals surface area contributed by atoms with E-state index in [0.717, 1.165) is 6.08 Å². The number of aryl methyl sites for hydroxylation is 1. The molecule has 1 heterocycles. The van der Waals surface area contributed by atoms with Crippen LogP contribution >= 0.6 is 0 Å². The van der Waals surface area contributed by atoms with Crippen molar-refractivity contribution in [2.45, 2.75) is 26.6 Å². The second-order valence-electron chi connectivity index (χ2n) is 4.71. The maximum atomic E-state index is 13.7. The maximum Gasteiger partial charge on any atom is 0.348 e. The minimum atomic E-state index is -1.30. The summed E-state index contributed by atoms with van der Waals surface area (Å²) < 4.78 is 23.5. The first-order valence-corrected chi connectivity index (χ1v) is 5.74. The van der Waals surface area contributed by atoms with Crippen LogP contribution in [-0.4, -0.2) is 17.7 Å². The van der Waals surface area contributed by atoms with Gasteiger partial charge in [0.15, 0.2) is 0 Å². The average molecular weight is 264 g/mol. The number of benzene rings is 1. The van der Waals surface area contributed by atoms with Crippen LogP contribution in [-0.2, 0) is 19.1 Å². The third-order valence-corrected chi connectivity index (χ3v) is 2.68. The highest BCUT2D eigenvalue weighted by molar-refractivity contribution is 6.18. The molecule has 2 rings (SSSR count). The van der Waals surface area contributed by atoms with E-state index in [1.165, 1.54) is 19.9 Å². The Kier molecular flexibility index (Phi) is 3.14. The highest BCUT2D eigenvalue weighted by atomic mass is 19.1. The summed E-state index contributed by atoms with van der Waals surface area (Å²) in [6.07, 6.45) is 1.16. The van der Waals surface area contributed by atoms with E-state index < -0.39 is 23.5 Å². The fourth-order valence-corrected chi connectivity index (χ4v) is 1.75. The van der Waals surface area contributed by atoms with Crippen molar-refractivity contribution in [3.63, 3.8) is 0 Å². The Labute approximate surface area is 109 Å². The maximum absolute atomic E-state index is 13.7. The Balaban J connectivity index is 2.44. The van der Waals surface area contributed by atoms with Gasteiger partial charge < -0.3 is 9.47 Å². The summed E-state index contributed by atoms with van der Waals surface area (Å²) in [6, 6.07) is 4.48. The van der Waals surface area contributed by atoms with E-state index in [-0.39, 0.29) is 11.1 Å². The highest BCUT2D eigenvalue weighted by Gasteiger charge is 2.39. The van der Waals surface area contributed by atoms with Crippen LogP contribution in [0.5, 0.6) is 0 Å². The fraction of sp³-hybridized carbons (Fsp3) is 0.286. The Morgan fingerprint density at radius 2 is 1.74 bits per heavy atom. The number of halogens is 1. The zero-order valence-corrected chi connectivity index (χ0v) is 10.8. The van der Waals surface area contributed by atoms with Gasteiger partial charge in [0.25, 0.3) is 5.79 Å². The molecule has 1 aromatic carbocycles. The first-order chi connectivity index (χ1) is 8.80. The first-order valence-electron chi connectivity index (χ1n) is 5.74. The lowest BCUT2D eigenvalue weighted by Gasteiger charge is -2.29. The smallest absolute Gasteiger partial charge is 0.348 e. The molecule has 1 aromatic rings. The molecule has 0 atom stereocenters. The van der Waals surface area contributed by atoms with Gasteiger partial charge in [0.1, 0.15) is 11.4 Å². The van der Waals surface area contributed by atoms with Crippen molar-refractivity contribution < 1.29 is 23.5 Å². The largest absolute Gasteiger partial charge is 0.419 e. The van der Waals surface area contributed by atoms with Gasteiger partial charge in [-0.1, -0.05) is 12.1 Å². The number of cyclic esters (lactones) is 2. The van der Waals surface area contributed by atoms with Crippen molar-refractivity contribution in [3.8, 4) is 0 Å². The van der Waals surface area contributed by atoms with Gasteiger partial charge in [-0.2, -0.15) is 0 Å². The molecule has 19 heavy (non-hydrogen) atoms. The predicted octanol–water partition coefficient (Wildman–Crippen LogP) is 2.35. The quantitative estimate of drug-likeness (QED) is 0.444. The molecule has 1 saturated heterocycles. The zero-order chi connectivity index (χ0) is 14.2. The van der Waals surface area contributed by atoms with E-state index in [1.807, 2.05) is 0 Å². The molecule has 0 spiro atoms. The van der Waals surface area contributed by atoms with Gasteiger partial charge in [-0.25, -0.2) is 14.0 Å². The second-order valence-corrected chi connectivity index (χ2v) is 4.71. The van der Waals surface area contributed by atoms with Crippen LogP contribution in [0.15, 0.2) is 23.8 Å². The Morgan fingerprint density at radius 3 is 2.26 bits per heavy atom. The first kappa shape index (κ1) is 13.3. The fourth-order valence-electron chi connectivity index (χ4n) is 1.75. The van der Waals surface area contributed by atoms with E-state index in [2.05, 4.69) is 0 Å². The van der Waals surface area contributed by atoms with Gasteiger partial charge in [-0.3, -0.25) is 0 Å². The highest BCUT2D eigenvalue weighted by Crippen LogP contribution is 2.25. The van der Waals surface area contributed by atoms with Crippen LogP contribution in [0.2, 0.25) is 0 Å². The number of carbonyl (C=O) groups is 2. The van der Waals surface area contributed by atoms with Crippen LogP contribution in [0.4, 0.5) is 4.39 Å². The van der Waals surface area contributed by atoms with Crippen LogP contribution < -0.4 is 0 Å². The van der Waals surface area contributed by atoms with Crippen molar-refractivity contribution in [3.05, 3.63) is 40.7 Å². The van der Waals surface area contributed by atoms with Crippen molar-refractivity contribution in [2.75, 3.05) is 0 Å². The van der Waals surface area contributed by atoms with Gasteiger partial charge in [-0.15, -0.1) is 0 Å². The Morgan fingerprint density at radius 1 is 1.16 bits per heavy atom. The van der Waals surface area contributed by atoms with Crippen molar-refractivity contribution in [2.24, 2.45) is 0 Å². The van der Waals surface area contributed by atoms with E-state index >= 15 is 0 Å². The third kappa shape index (κ3) is 2.65. The molecule has 0 amide bonds. The monoisotopic (exact) mass is 264 g/mol. The predicted molar refractivity (Wildman–Crippen MR) is 65.4 cm³/mol. The molecule has 0 saturated carbocycles. The van der Waals surface area contributed by atoms with E-state index in [1.54, 1.807) is 19.1 Å². The molecule has 5 heteroatoms. The molecule has 0 bridgehead atoms. The van der Waals surface area contributed by atoms with E-state index in [4.69, 9.17) is 9.47 Å². The van der Waals surface area contributed by atoms with Gasteiger partial charge in [0, 0.05) is 19.4 Å². The minimum absolute atomic E-state index is 0.172. The molecule has 100 valence electrons. The molecule has 0 radical (unpaired) electrons. The molecule has 4 nitrogen and oxygen atoms in total. The topological polar surface area (TPSA) is 52.6 Å². The summed E-state index contributed by atoms with van der Waals surface area (Å²) in [5.41, 5.74) is 0.469. The molecule has 0 aliphatic carbocycles. The van der Waals surface area contributed by atoms with Gasteiger partial charge in [-0.05, 0) is 24.6 Å². The number of esters is 2. The third-order valence-electron chi connectivity index (χ3n) is 2.68. The van der Waals surface area contributed by atoms with Crippen LogP contribution in [0, 0.1) is 12.7 Å².